The van der Waals surface area contributed by atoms with Crippen LogP contribution in [0.15, 0.2) is 5.16 Å². The van der Waals surface area contributed by atoms with Gasteiger partial charge in [0.15, 0.2) is 5.84 Å². The van der Waals surface area contributed by atoms with Crippen LogP contribution in [-0.2, 0) is 9.53 Å². The second-order valence-electron chi connectivity index (χ2n) is 5.72. The van der Waals surface area contributed by atoms with Gasteiger partial charge in [-0.3, -0.25) is 4.79 Å². The molecular weight excluding hydrogens is 260 g/mol. The molecule has 0 spiro atoms. The first kappa shape index (κ1) is 15.1. The number of ether oxygens (including phenoxy) is 1. The summed E-state index contributed by atoms with van der Waals surface area (Å²) in [6, 6.07) is 0. The number of carbonyl (C=O) groups excluding carboxylic acids is 1. The monoisotopic (exact) mass is 284 g/mol. The van der Waals surface area contributed by atoms with E-state index in [1.807, 2.05) is 7.05 Å². The van der Waals surface area contributed by atoms with E-state index < -0.39 is 11.6 Å². The molecular formula is C13H24N4O3. The van der Waals surface area contributed by atoms with Gasteiger partial charge in [-0.25, -0.2) is 0 Å². The third-order valence-corrected chi connectivity index (χ3v) is 4.27. The zero-order valence-electron chi connectivity index (χ0n) is 12.0. The van der Waals surface area contributed by atoms with Gasteiger partial charge in [0.1, 0.15) is 11.6 Å². The summed E-state index contributed by atoms with van der Waals surface area (Å²) in [6.07, 6.45) is 3.59. The Bertz CT molecular complexity index is 372. The largest absolute Gasteiger partial charge is 0.409 e. The number of nitrogens with one attached hydrogen (secondary N) is 1. The van der Waals surface area contributed by atoms with Crippen molar-refractivity contribution in [2.75, 3.05) is 26.7 Å². The summed E-state index contributed by atoms with van der Waals surface area (Å²) < 4.78 is 5.50. The Labute approximate surface area is 119 Å². The average Bonchev–Trinajstić information content (AvgIpc) is 2.49. The van der Waals surface area contributed by atoms with Gasteiger partial charge < -0.3 is 25.9 Å². The van der Waals surface area contributed by atoms with Gasteiger partial charge in [0.2, 0.25) is 5.91 Å². The molecule has 1 atom stereocenters. The van der Waals surface area contributed by atoms with E-state index in [-0.39, 0.29) is 11.7 Å². The molecule has 2 heterocycles. The Morgan fingerprint density at radius 3 is 2.70 bits per heavy atom. The van der Waals surface area contributed by atoms with E-state index in [1.165, 1.54) is 0 Å². The quantitative estimate of drug-likeness (QED) is 0.290. The summed E-state index contributed by atoms with van der Waals surface area (Å²) in [5.41, 5.74) is 5.08. The molecule has 2 aliphatic rings. The average molecular weight is 284 g/mol. The Hall–Kier alpha value is -1.34. The third kappa shape index (κ3) is 3.21. The number of hydrogen-bond donors (Lipinski definition) is 3. The first-order valence-corrected chi connectivity index (χ1v) is 7.17. The van der Waals surface area contributed by atoms with E-state index in [9.17, 15) is 4.79 Å². The molecule has 1 amide bonds. The van der Waals surface area contributed by atoms with Gasteiger partial charge in [0.25, 0.3) is 0 Å². The Balaban J connectivity index is 2.06. The fraction of sp³-hybridized carbons (Fsp3) is 0.846. The zero-order chi connectivity index (χ0) is 14.6. The van der Waals surface area contributed by atoms with Gasteiger partial charge in [-0.1, -0.05) is 5.16 Å². The molecule has 0 radical (unpaired) electrons. The van der Waals surface area contributed by atoms with Crippen molar-refractivity contribution in [3.63, 3.8) is 0 Å². The number of amidine groups is 1. The molecule has 2 aliphatic heterocycles. The molecule has 4 N–H and O–H groups in total. The predicted molar refractivity (Wildman–Crippen MR) is 74.6 cm³/mol. The summed E-state index contributed by atoms with van der Waals surface area (Å²) in [7, 11) is 2.02. The van der Waals surface area contributed by atoms with Gasteiger partial charge in [-0.05, 0) is 39.2 Å². The van der Waals surface area contributed by atoms with E-state index in [0.29, 0.717) is 19.4 Å². The van der Waals surface area contributed by atoms with Crippen molar-refractivity contribution in [3.8, 4) is 0 Å². The smallest absolute Gasteiger partial charge is 0.249 e. The van der Waals surface area contributed by atoms with Gasteiger partial charge in [-0.2, -0.15) is 0 Å². The Morgan fingerprint density at radius 2 is 2.15 bits per heavy atom. The summed E-state index contributed by atoms with van der Waals surface area (Å²) in [5, 5.41) is 15.1. The summed E-state index contributed by atoms with van der Waals surface area (Å²) in [6.45, 7) is 2.21. The summed E-state index contributed by atoms with van der Waals surface area (Å²) >= 11 is 0. The second kappa shape index (κ2) is 6.41. The Kier molecular flexibility index (Phi) is 4.82. The topological polar surface area (TPSA) is 100 Å². The number of piperidine rings is 1. The molecule has 0 bridgehead atoms. The van der Waals surface area contributed by atoms with Gasteiger partial charge in [-0.15, -0.1) is 0 Å². The molecule has 7 nitrogen and oxygen atoms in total. The van der Waals surface area contributed by atoms with Crippen molar-refractivity contribution in [1.82, 2.24) is 10.2 Å². The number of likely N-dealkylation sites (tertiary alicyclic amines) is 1. The number of amides is 1. The molecule has 7 heteroatoms. The molecule has 1 unspecified atom stereocenters. The lowest BCUT2D eigenvalue weighted by Crippen LogP contribution is -2.63. The molecule has 0 aromatic carbocycles. The van der Waals surface area contributed by atoms with Crippen LogP contribution in [-0.4, -0.2) is 60.2 Å². The predicted octanol–water partition coefficient (Wildman–Crippen LogP) is -0.117. The first-order valence-electron chi connectivity index (χ1n) is 7.17. The molecule has 0 saturated carbocycles. The van der Waals surface area contributed by atoms with Crippen LogP contribution >= 0.6 is 0 Å². The Morgan fingerprint density at radius 1 is 1.45 bits per heavy atom. The first-order chi connectivity index (χ1) is 9.57. The van der Waals surface area contributed by atoms with Gasteiger partial charge in [0, 0.05) is 19.7 Å². The van der Waals surface area contributed by atoms with Crippen molar-refractivity contribution in [1.29, 1.82) is 0 Å². The fourth-order valence-electron chi connectivity index (χ4n) is 2.80. The van der Waals surface area contributed by atoms with Gasteiger partial charge in [0.05, 0.1) is 0 Å². The molecule has 0 aliphatic carbocycles. The lowest BCUT2D eigenvalue weighted by Gasteiger charge is -2.41. The lowest BCUT2D eigenvalue weighted by molar-refractivity contribution is -0.137. The van der Waals surface area contributed by atoms with Crippen LogP contribution < -0.4 is 11.1 Å². The molecule has 20 heavy (non-hydrogen) atoms. The fourth-order valence-corrected chi connectivity index (χ4v) is 2.80. The van der Waals surface area contributed by atoms with E-state index >= 15 is 0 Å². The maximum Gasteiger partial charge on any atom is 0.249 e. The second-order valence-corrected chi connectivity index (χ2v) is 5.72. The minimum atomic E-state index is -0.751. The highest BCUT2D eigenvalue weighted by molar-refractivity contribution is 5.95. The van der Waals surface area contributed by atoms with Crippen molar-refractivity contribution in [2.24, 2.45) is 10.9 Å². The maximum absolute atomic E-state index is 12.3. The van der Waals surface area contributed by atoms with E-state index in [2.05, 4.69) is 15.4 Å². The van der Waals surface area contributed by atoms with Crippen LogP contribution in [0.2, 0.25) is 0 Å². The normalized spacial score (nSPS) is 28.1. The maximum atomic E-state index is 12.3. The standard InChI is InChI=1S/C13H24N4O3/c1-17-7-5-13(6-8-17,12(14)16-19)15-11(18)10-4-2-3-9-20-10/h10,19H,2-9H2,1H3,(H2,14,16)(H,15,18). The molecule has 114 valence electrons. The molecule has 0 aromatic rings. The minimum Gasteiger partial charge on any atom is -0.409 e. The van der Waals surface area contributed by atoms with Crippen LogP contribution in [0.5, 0.6) is 0 Å². The SMILES string of the molecule is CN1CCC(NC(=O)C2CCCCO2)(C(N)=NO)CC1. The van der Waals surface area contributed by atoms with Crippen LogP contribution in [0.1, 0.15) is 32.1 Å². The van der Waals surface area contributed by atoms with Gasteiger partial charge >= 0.3 is 0 Å². The van der Waals surface area contributed by atoms with E-state index in [4.69, 9.17) is 15.7 Å². The number of rotatable bonds is 3. The summed E-state index contributed by atoms with van der Waals surface area (Å²) in [5.74, 6) is -0.0735. The van der Waals surface area contributed by atoms with Crippen LogP contribution in [0.3, 0.4) is 0 Å². The zero-order valence-corrected chi connectivity index (χ0v) is 12.0. The summed E-state index contributed by atoms with van der Waals surface area (Å²) in [4.78, 5) is 14.5. The van der Waals surface area contributed by atoms with Crippen molar-refractivity contribution in [3.05, 3.63) is 0 Å². The number of hydrogen-bond acceptors (Lipinski definition) is 5. The number of carbonyl (C=O) groups is 1. The van der Waals surface area contributed by atoms with E-state index in [1.54, 1.807) is 0 Å². The van der Waals surface area contributed by atoms with Crippen molar-refractivity contribution in [2.45, 2.75) is 43.7 Å². The number of oxime groups is 1. The lowest BCUT2D eigenvalue weighted by atomic mass is 9.86. The third-order valence-electron chi connectivity index (χ3n) is 4.27. The number of nitrogens with zero attached hydrogens (tertiary/aromatic N) is 2. The highest BCUT2D eigenvalue weighted by Crippen LogP contribution is 2.23. The van der Waals surface area contributed by atoms with Crippen LogP contribution in [0, 0.1) is 0 Å². The molecule has 2 saturated heterocycles. The minimum absolute atomic E-state index is 0.0785. The number of nitrogens with two attached hydrogens (primary N) is 1. The highest BCUT2D eigenvalue weighted by Gasteiger charge is 2.41. The van der Waals surface area contributed by atoms with Crippen molar-refractivity contribution >= 4 is 11.7 Å². The molecule has 0 aromatic heterocycles. The molecule has 2 fully saturated rings. The van der Waals surface area contributed by atoms with Crippen molar-refractivity contribution < 1.29 is 14.7 Å². The van der Waals surface area contributed by atoms with Crippen LogP contribution in [0.25, 0.3) is 0 Å². The highest BCUT2D eigenvalue weighted by atomic mass is 16.5. The van der Waals surface area contributed by atoms with E-state index in [0.717, 1.165) is 32.4 Å². The molecule has 2 rings (SSSR count). The van der Waals surface area contributed by atoms with Crippen LogP contribution in [0.4, 0.5) is 0 Å².